The second-order valence-electron chi connectivity index (χ2n) is 7.39. The Morgan fingerprint density at radius 3 is 1.43 bits per heavy atom. The molecule has 0 unspecified atom stereocenters. The van der Waals surface area contributed by atoms with E-state index < -0.39 is 11.9 Å². The van der Waals surface area contributed by atoms with E-state index in [1.54, 1.807) is 9.80 Å². The Morgan fingerprint density at radius 1 is 0.733 bits per heavy atom. The van der Waals surface area contributed by atoms with Crippen molar-refractivity contribution in [2.75, 3.05) is 26.3 Å². The third-order valence-corrected chi connectivity index (χ3v) is 4.76. The molecule has 0 bridgehead atoms. The molecule has 1 fully saturated rings. The van der Waals surface area contributed by atoms with E-state index in [0.29, 0.717) is 26.3 Å². The highest BCUT2D eigenvalue weighted by atomic mass is 16.5. The second-order valence-corrected chi connectivity index (χ2v) is 7.39. The van der Waals surface area contributed by atoms with Crippen molar-refractivity contribution in [1.82, 2.24) is 9.80 Å². The highest BCUT2D eigenvalue weighted by Gasteiger charge is 2.33. The van der Waals surface area contributed by atoms with Crippen LogP contribution in [0.3, 0.4) is 0 Å². The molecule has 0 spiro atoms. The number of nitrogens with zero attached hydrogens (tertiary/aromatic N) is 2. The van der Waals surface area contributed by atoms with Crippen LogP contribution >= 0.6 is 0 Å². The summed E-state index contributed by atoms with van der Waals surface area (Å²) in [5, 5.41) is 0. The van der Waals surface area contributed by atoms with Gasteiger partial charge in [0.2, 0.25) is 11.8 Å². The van der Waals surface area contributed by atoms with Gasteiger partial charge in [-0.2, -0.15) is 0 Å². The largest absolute Gasteiger partial charge is 0.463 e. The van der Waals surface area contributed by atoms with Gasteiger partial charge in [-0.1, -0.05) is 26.7 Å². The van der Waals surface area contributed by atoms with Crippen molar-refractivity contribution in [2.45, 2.75) is 65.5 Å². The van der Waals surface area contributed by atoms with Crippen LogP contribution in [0.1, 0.15) is 53.4 Å². The van der Waals surface area contributed by atoms with Crippen LogP contribution in [-0.2, 0) is 28.7 Å². The molecule has 168 valence electrons. The van der Waals surface area contributed by atoms with E-state index in [1.165, 1.54) is 12.2 Å². The summed E-state index contributed by atoms with van der Waals surface area (Å²) < 4.78 is 10.00. The number of hydrogen-bond donors (Lipinski definition) is 0. The van der Waals surface area contributed by atoms with Crippen LogP contribution in [0.2, 0.25) is 0 Å². The Hall–Kier alpha value is -2.64. The molecule has 1 rings (SSSR count). The van der Waals surface area contributed by atoms with Crippen LogP contribution in [0.15, 0.2) is 24.3 Å². The molecular formula is C22H34N2O6. The number of amides is 2. The van der Waals surface area contributed by atoms with E-state index in [-0.39, 0.29) is 23.9 Å². The molecular weight excluding hydrogens is 388 g/mol. The van der Waals surface area contributed by atoms with E-state index >= 15 is 0 Å². The molecule has 1 heterocycles. The minimum Gasteiger partial charge on any atom is -0.463 e. The first-order chi connectivity index (χ1) is 14.3. The van der Waals surface area contributed by atoms with E-state index in [0.717, 1.165) is 37.8 Å². The summed E-state index contributed by atoms with van der Waals surface area (Å²) >= 11 is 0. The third kappa shape index (κ3) is 8.80. The standard InChI is InChI=1S/C22H34N2O6/c1-5-7-13-29-21(27)11-9-19(25)23-15-18(4)24(16-17(23)3)20(26)10-12-22(28)30-14-8-6-2/h9-12,17-18H,5-8,13-16H2,1-4H3/b11-9-,12-10-/t17-,18-/m0/s1. The Morgan fingerprint density at radius 2 is 1.10 bits per heavy atom. The third-order valence-electron chi connectivity index (χ3n) is 4.76. The lowest BCUT2D eigenvalue weighted by molar-refractivity contribution is -0.141. The Bertz CT molecular complexity index is 602. The number of unbranched alkanes of at least 4 members (excludes halogenated alkanes) is 2. The molecule has 2 amide bonds. The van der Waals surface area contributed by atoms with Crippen molar-refractivity contribution in [3.8, 4) is 0 Å². The van der Waals surface area contributed by atoms with Crippen molar-refractivity contribution in [2.24, 2.45) is 0 Å². The molecule has 8 nitrogen and oxygen atoms in total. The first kappa shape index (κ1) is 25.4. The van der Waals surface area contributed by atoms with Gasteiger partial charge >= 0.3 is 11.9 Å². The van der Waals surface area contributed by atoms with Crippen LogP contribution in [0, 0.1) is 0 Å². The maximum Gasteiger partial charge on any atom is 0.330 e. The summed E-state index contributed by atoms with van der Waals surface area (Å²) in [7, 11) is 0. The lowest BCUT2D eigenvalue weighted by Gasteiger charge is -2.43. The van der Waals surface area contributed by atoms with Crippen molar-refractivity contribution >= 4 is 23.8 Å². The van der Waals surface area contributed by atoms with Crippen molar-refractivity contribution in [1.29, 1.82) is 0 Å². The molecule has 0 radical (unpaired) electrons. The molecule has 1 aliphatic rings. The number of esters is 2. The Balaban J connectivity index is 2.57. The molecule has 0 aromatic rings. The normalized spacial score (nSPS) is 19.3. The Labute approximate surface area is 178 Å². The molecule has 1 aliphatic heterocycles. The maximum atomic E-state index is 12.5. The number of ether oxygens (including phenoxy) is 2. The van der Waals surface area contributed by atoms with Gasteiger partial charge in [-0.25, -0.2) is 9.59 Å². The predicted octanol–water partition coefficient (Wildman–Crippen LogP) is 2.23. The van der Waals surface area contributed by atoms with Crippen LogP contribution < -0.4 is 0 Å². The number of carbonyl (C=O) groups excluding carboxylic acids is 4. The van der Waals surface area contributed by atoms with E-state index in [4.69, 9.17) is 9.47 Å². The van der Waals surface area contributed by atoms with Crippen LogP contribution in [0.25, 0.3) is 0 Å². The zero-order chi connectivity index (χ0) is 22.5. The first-order valence-electron chi connectivity index (χ1n) is 10.6. The van der Waals surface area contributed by atoms with E-state index in [1.807, 2.05) is 27.7 Å². The Kier molecular flexibility index (Phi) is 11.5. The van der Waals surface area contributed by atoms with Crippen LogP contribution in [0.5, 0.6) is 0 Å². The van der Waals surface area contributed by atoms with Crippen molar-refractivity contribution in [3.05, 3.63) is 24.3 Å². The van der Waals surface area contributed by atoms with Crippen molar-refractivity contribution in [3.63, 3.8) is 0 Å². The molecule has 0 N–H and O–H groups in total. The van der Waals surface area contributed by atoms with Gasteiger partial charge in [-0.15, -0.1) is 0 Å². The molecule has 0 aromatic carbocycles. The number of carbonyl (C=O) groups is 4. The quantitative estimate of drug-likeness (QED) is 0.304. The smallest absolute Gasteiger partial charge is 0.330 e. The van der Waals surface area contributed by atoms with Gasteiger partial charge in [0.05, 0.1) is 13.2 Å². The highest BCUT2D eigenvalue weighted by molar-refractivity contribution is 5.96. The van der Waals surface area contributed by atoms with Gasteiger partial charge in [-0.3, -0.25) is 9.59 Å². The van der Waals surface area contributed by atoms with E-state index in [9.17, 15) is 19.2 Å². The van der Waals surface area contributed by atoms with E-state index in [2.05, 4.69) is 0 Å². The fourth-order valence-electron chi connectivity index (χ4n) is 2.94. The summed E-state index contributed by atoms with van der Waals surface area (Å²) in [6.07, 6.45) is 8.10. The topological polar surface area (TPSA) is 93.2 Å². The molecule has 0 aliphatic carbocycles. The van der Waals surface area contributed by atoms with Gasteiger partial charge in [0.25, 0.3) is 0 Å². The minimum atomic E-state index is -0.540. The lowest BCUT2D eigenvalue weighted by Crippen LogP contribution is -2.59. The molecule has 2 atom stereocenters. The zero-order valence-corrected chi connectivity index (χ0v) is 18.5. The lowest BCUT2D eigenvalue weighted by atomic mass is 10.1. The zero-order valence-electron chi connectivity index (χ0n) is 18.5. The average molecular weight is 423 g/mol. The number of rotatable bonds is 10. The molecule has 30 heavy (non-hydrogen) atoms. The summed E-state index contributed by atoms with van der Waals surface area (Å²) in [6, 6.07) is -0.466. The van der Waals surface area contributed by atoms with Gasteiger partial charge in [-0.05, 0) is 26.7 Å². The monoisotopic (exact) mass is 422 g/mol. The summed E-state index contributed by atoms with van der Waals surface area (Å²) in [4.78, 5) is 51.4. The fourth-order valence-corrected chi connectivity index (χ4v) is 2.94. The summed E-state index contributed by atoms with van der Waals surface area (Å²) in [5.41, 5.74) is 0. The molecule has 0 aromatic heterocycles. The SMILES string of the molecule is CCCCOC(=O)/C=C\C(=O)N1C[C@H](C)N(C(=O)/C=C\C(=O)OCCCC)C[C@@H]1C. The molecule has 8 heteroatoms. The maximum absolute atomic E-state index is 12.5. The van der Waals surface area contributed by atoms with Crippen LogP contribution in [-0.4, -0.2) is 71.9 Å². The summed E-state index contributed by atoms with van der Waals surface area (Å²) in [5.74, 6) is -1.68. The van der Waals surface area contributed by atoms with Gasteiger partial charge in [0, 0.05) is 49.5 Å². The van der Waals surface area contributed by atoms with Gasteiger partial charge in [0.15, 0.2) is 0 Å². The number of piperazine rings is 1. The minimum absolute atomic E-state index is 0.233. The van der Waals surface area contributed by atoms with Gasteiger partial charge in [0.1, 0.15) is 0 Å². The average Bonchev–Trinajstić information content (AvgIpc) is 2.72. The van der Waals surface area contributed by atoms with Crippen LogP contribution in [0.4, 0.5) is 0 Å². The molecule has 0 saturated carbocycles. The summed E-state index contributed by atoms with van der Waals surface area (Å²) in [6.45, 7) is 8.99. The molecule has 1 saturated heterocycles. The fraction of sp³-hybridized carbons (Fsp3) is 0.636. The second kappa shape index (κ2) is 13.6. The van der Waals surface area contributed by atoms with Gasteiger partial charge < -0.3 is 19.3 Å². The highest BCUT2D eigenvalue weighted by Crippen LogP contribution is 2.16. The van der Waals surface area contributed by atoms with Crippen molar-refractivity contribution < 1.29 is 28.7 Å². The number of hydrogen-bond acceptors (Lipinski definition) is 6. The first-order valence-corrected chi connectivity index (χ1v) is 10.6. The predicted molar refractivity (Wildman–Crippen MR) is 112 cm³/mol.